The van der Waals surface area contributed by atoms with Gasteiger partial charge in [-0.1, -0.05) is 24.4 Å². The summed E-state index contributed by atoms with van der Waals surface area (Å²) in [5, 5.41) is 0.584. The Bertz CT molecular complexity index is 453. The lowest BCUT2D eigenvalue weighted by Crippen LogP contribution is -2.39. The molecular weight excluding hydrogens is 263 g/mol. The van der Waals surface area contributed by atoms with Crippen molar-refractivity contribution in [1.82, 2.24) is 5.43 Å². The molecule has 0 aliphatic heterocycles. The van der Waals surface area contributed by atoms with Crippen LogP contribution in [-0.2, 0) is 6.42 Å². The first-order chi connectivity index (χ1) is 9.20. The molecule has 3 unspecified atom stereocenters. The fourth-order valence-electron chi connectivity index (χ4n) is 3.89. The van der Waals surface area contributed by atoms with Crippen LogP contribution in [0.5, 0.6) is 0 Å². The summed E-state index contributed by atoms with van der Waals surface area (Å²) < 4.78 is 13.8. The van der Waals surface area contributed by atoms with E-state index in [0.717, 1.165) is 11.8 Å². The highest BCUT2D eigenvalue weighted by Gasteiger charge is 2.53. The maximum absolute atomic E-state index is 13.8. The van der Waals surface area contributed by atoms with Gasteiger partial charge in [-0.15, -0.1) is 0 Å². The number of fused-ring (bicyclic) bond motifs is 1. The summed E-state index contributed by atoms with van der Waals surface area (Å²) in [6, 6.07) is 4.90. The monoisotopic (exact) mass is 282 g/mol. The number of hydrogen-bond acceptors (Lipinski definition) is 2. The first kappa shape index (κ1) is 13.3. The van der Waals surface area contributed by atoms with Gasteiger partial charge in [0, 0.05) is 11.1 Å². The molecule has 4 heteroatoms. The topological polar surface area (TPSA) is 38.0 Å². The van der Waals surface area contributed by atoms with Gasteiger partial charge >= 0.3 is 0 Å². The van der Waals surface area contributed by atoms with Gasteiger partial charge in [-0.25, -0.2) is 4.39 Å². The predicted molar refractivity (Wildman–Crippen MR) is 75.2 cm³/mol. The third-order valence-electron chi connectivity index (χ3n) is 4.85. The van der Waals surface area contributed by atoms with Crippen LogP contribution in [0.2, 0.25) is 5.02 Å². The first-order valence-corrected chi connectivity index (χ1v) is 7.48. The summed E-state index contributed by atoms with van der Waals surface area (Å²) in [4.78, 5) is 0. The number of halogens is 2. The van der Waals surface area contributed by atoms with Gasteiger partial charge in [-0.05, 0) is 60.8 Å². The van der Waals surface area contributed by atoms with Crippen molar-refractivity contribution in [2.45, 2.75) is 38.1 Å². The molecule has 2 saturated carbocycles. The summed E-state index contributed by atoms with van der Waals surface area (Å²) in [6.07, 6.45) is 5.92. The van der Waals surface area contributed by atoms with Gasteiger partial charge in [0.1, 0.15) is 5.82 Å². The smallest absolute Gasteiger partial charge is 0.126 e. The molecule has 104 valence electrons. The minimum Gasteiger partial charge on any atom is -0.271 e. The first-order valence-electron chi connectivity index (χ1n) is 7.10. The second-order valence-electron chi connectivity index (χ2n) is 5.90. The summed E-state index contributed by atoms with van der Waals surface area (Å²) in [6.45, 7) is 0. The Balaban J connectivity index is 1.72. The summed E-state index contributed by atoms with van der Waals surface area (Å²) >= 11 is 5.94. The largest absolute Gasteiger partial charge is 0.271 e. The van der Waals surface area contributed by atoms with Gasteiger partial charge in [0.25, 0.3) is 0 Å². The lowest BCUT2D eigenvalue weighted by Gasteiger charge is -2.17. The number of benzene rings is 1. The van der Waals surface area contributed by atoms with Crippen LogP contribution in [0.25, 0.3) is 0 Å². The van der Waals surface area contributed by atoms with Crippen LogP contribution in [0.3, 0.4) is 0 Å². The van der Waals surface area contributed by atoms with Crippen LogP contribution < -0.4 is 11.3 Å². The SMILES string of the molecule is NNC(Cc1cc(Cl)ccc1F)C1C2CCCCC21. The Labute approximate surface area is 118 Å². The Hall–Kier alpha value is -0.640. The molecule has 0 heterocycles. The van der Waals surface area contributed by atoms with E-state index in [0.29, 0.717) is 22.9 Å². The minimum absolute atomic E-state index is 0.168. The molecule has 3 rings (SSSR count). The average Bonchev–Trinajstić information content (AvgIpc) is 3.14. The molecule has 0 bridgehead atoms. The van der Waals surface area contributed by atoms with Crippen LogP contribution in [0.1, 0.15) is 31.2 Å². The van der Waals surface area contributed by atoms with Gasteiger partial charge in [-0.3, -0.25) is 11.3 Å². The van der Waals surface area contributed by atoms with E-state index >= 15 is 0 Å². The van der Waals surface area contributed by atoms with Crippen molar-refractivity contribution < 1.29 is 4.39 Å². The molecule has 1 aromatic carbocycles. The normalized spacial score (nSPS) is 30.8. The van der Waals surface area contributed by atoms with Crippen LogP contribution in [0.15, 0.2) is 18.2 Å². The lowest BCUT2D eigenvalue weighted by molar-refractivity contribution is 0.430. The molecule has 19 heavy (non-hydrogen) atoms. The number of hydrogen-bond donors (Lipinski definition) is 2. The second-order valence-corrected chi connectivity index (χ2v) is 6.34. The summed E-state index contributed by atoms with van der Waals surface area (Å²) in [7, 11) is 0. The highest BCUT2D eigenvalue weighted by molar-refractivity contribution is 6.30. The summed E-state index contributed by atoms with van der Waals surface area (Å²) in [5.41, 5.74) is 3.57. The van der Waals surface area contributed by atoms with E-state index in [1.807, 2.05) is 0 Å². The fraction of sp³-hybridized carbons (Fsp3) is 0.600. The molecule has 2 aliphatic rings. The van der Waals surface area contributed by atoms with Crippen molar-refractivity contribution in [3.8, 4) is 0 Å². The van der Waals surface area contributed by atoms with Gasteiger partial charge in [0.05, 0.1) is 0 Å². The Morgan fingerprint density at radius 3 is 2.63 bits per heavy atom. The number of nitrogens with one attached hydrogen (secondary N) is 1. The van der Waals surface area contributed by atoms with E-state index in [1.54, 1.807) is 12.1 Å². The van der Waals surface area contributed by atoms with Crippen molar-refractivity contribution in [2.75, 3.05) is 0 Å². The lowest BCUT2D eigenvalue weighted by atomic mass is 10.00. The van der Waals surface area contributed by atoms with Crippen molar-refractivity contribution >= 4 is 11.6 Å². The van der Waals surface area contributed by atoms with Crippen LogP contribution in [-0.4, -0.2) is 6.04 Å². The molecule has 3 atom stereocenters. The van der Waals surface area contributed by atoms with Crippen LogP contribution >= 0.6 is 11.6 Å². The van der Waals surface area contributed by atoms with E-state index < -0.39 is 0 Å². The average molecular weight is 283 g/mol. The minimum atomic E-state index is -0.187. The Morgan fingerprint density at radius 1 is 1.32 bits per heavy atom. The zero-order chi connectivity index (χ0) is 13.4. The maximum atomic E-state index is 13.8. The maximum Gasteiger partial charge on any atom is 0.126 e. The molecule has 0 saturated heterocycles. The molecule has 2 fully saturated rings. The molecule has 2 aliphatic carbocycles. The van der Waals surface area contributed by atoms with Crippen molar-refractivity contribution in [2.24, 2.45) is 23.6 Å². The third kappa shape index (κ3) is 2.64. The number of nitrogens with two attached hydrogens (primary N) is 1. The number of hydrazine groups is 1. The van der Waals surface area contributed by atoms with Crippen molar-refractivity contribution in [3.05, 3.63) is 34.6 Å². The van der Waals surface area contributed by atoms with Crippen molar-refractivity contribution in [1.29, 1.82) is 0 Å². The molecule has 2 nitrogen and oxygen atoms in total. The van der Waals surface area contributed by atoms with Crippen LogP contribution in [0.4, 0.5) is 4.39 Å². The summed E-state index contributed by atoms with van der Waals surface area (Å²) in [5.74, 6) is 7.73. The molecule has 1 aromatic rings. The molecule has 3 N–H and O–H groups in total. The molecule has 0 spiro atoms. The third-order valence-corrected chi connectivity index (χ3v) is 5.08. The fourth-order valence-corrected chi connectivity index (χ4v) is 4.08. The molecule has 0 amide bonds. The zero-order valence-electron chi connectivity index (χ0n) is 10.9. The molecule has 0 aromatic heterocycles. The predicted octanol–water partition coefficient (Wildman–Crippen LogP) is 3.29. The van der Waals surface area contributed by atoms with Gasteiger partial charge in [0.15, 0.2) is 0 Å². The Morgan fingerprint density at radius 2 is 2.00 bits per heavy atom. The second kappa shape index (κ2) is 5.39. The standard InChI is InChI=1S/C15H20ClFN2/c16-10-5-6-13(17)9(7-10)8-14(19-18)15-11-3-1-2-4-12(11)15/h5-7,11-12,14-15,19H,1-4,8,18H2. The van der Waals surface area contributed by atoms with Gasteiger partial charge < -0.3 is 0 Å². The van der Waals surface area contributed by atoms with Gasteiger partial charge in [0.2, 0.25) is 0 Å². The zero-order valence-corrected chi connectivity index (χ0v) is 11.7. The van der Waals surface area contributed by atoms with E-state index in [1.165, 1.54) is 31.7 Å². The van der Waals surface area contributed by atoms with Gasteiger partial charge in [-0.2, -0.15) is 0 Å². The highest BCUT2D eigenvalue weighted by Crippen LogP contribution is 2.57. The van der Waals surface area contributed by atoms with E-state index in [4.69, 9.17) is 17.4 Å². The Kier molecular flexibility index (Phi) is 3.79. The molecule has 0 radical (unpaired) electrons. The van der Waals surface area contributed by atoms with E-state index in [-0.39, 0.29) is 11.9 Å². The molecular formula is C15H20ClFN2. The quantitative estimate of drug-likeness (QED) is 0.657. The van der Waals surface area contributed by atoms with Crippen molar-refractivity contribution in [3.63, 3.8) is 0 Å². The van der Waals surface area contributed by atoms with E-state index in [9.17, 15) is 4.39 Å². The highest BCUT2D eigenvalue weighted by atomic mass is 35.5. The van der Waals surface area contributed by atoms with E-state index in [2.05, 4.69) is 5.43 Å². The van der Waals surface area contributed by atoms with Crippen LogP contribution in [0, 0.1) is 23.6 Å². The number of rotatable bonds is 4.